The molecule has 0 heterocycles. The zero-order chi connectivity index (χ0) is 15.4. The summed E-state index contributed by atoms with van der Waals surface area (Å²) in [5.41, 5.74) is 1.97. The molecule has 0 atom stereocenters. The Morgan fingerprint density at radius 3 is 2.71 bits per heavy atom. The molecule has 2 aromatic rings. The van der Waals surface area contributed by atoms with Crippen LogP contribution in [0.5, 0.6) is 0 Å². The van der Waals surface area contributed by atoms with E-state index in [1.807, 2.05) is 31.2 Å². The minimum atomic E-state index is -0.562. The van der Waals surface area contributed by atoms with E-state index in [1.165, 1.54) is 18.2 Å². The number of nitro groups is 1. The van der Waals surface area contributed by atoms with Gasteiger partial charge in [0.1, 0.15) is 0 Å². The maximum atomic E-state index is 12.1. The summed E-state index contributed by atoms with van der Waals surface area (Å²) in [7, 11) is 0. The van der Waals surface area contributed by atoms with Gasteiger partial charge < -0.3 is 5.32 Å². The highest BCUT2D eigenvalue weighted by Crippen LogP contribution is 2.22. The van der Waals surface area contributed by atoms with Crippen LogP contribution in [0.3, 0.4) is 0 Å². The van der Waals surface area contributed by atoms with Gasteiger partial charge in [0.15, 0.2) is 0 Å². The molecule has 0 aliphatic heterocycles. The lowest BCUT2D eigenvalue weighted by molar-refractivity contribution is -0.384. The Bertz CT molecular complexity index is 701. The normalized spacial score (nSPS) is 10.2. The molecule has 21 heavy (non-hydrogen) atoms. The third-order valence-electron chi connectivity index (χ3n) is 2.94. The van der Waals surface area contributed by atoms with Gasteiger partial charge in [-0.25, -0.2) is 0 Å². The van der Waals surface area contributed by atoms with Crippen molar-refractivity contribution in [1.82, 2.24) is 5.32 Å². The smallest absolute Gasteiger partial charge is 0.270 e. The number of hydrogen-bond acceptors (Lipinski definition) is 3. The van der Waals surface area contributed by atoms with Crippen molar-refractivity contribution in [3.8, 4) is 0 Å². The number of amides is 1. The summed E-state index contributed by atoms with van der Waals surface area (Å²) in [6, 6.07) is 11.5. The average Bonchev–Trinajstić information content (AvgIpc) is 2.45. The van der Waals surface area contributed by atoms with Crippen molar-refractivity contribution in [2.75, 3.05) is 0 Å². The maximum absolute atomic E-state index is 12.1. The second kappa shape index (κ2) is 6.37. The zero-order valence-corrected chi connectivity index (χ0v) is 12.1. The van der Waals surface area contributed by atoms with Crippen molar-refractivity contribution in [1.29, 1.82) is 0 Å². The first-order valence-electron chi connectivity index (χ1n) is 6.25. The monoisotopic (exact) mass is 304 g/mol. The quantitative estimate of drug-likeness (QED) is 0.694. The number of nitro benzene ring substituents is 1. The first-order valence-corrected chi connectivity index (χ1v) is 6.63. The van der Waals surface area contributed by atoms with Gasteiger partial charge in [0.05, 0.1) is 15.5 Å². The summed E-state index contributed by atoms with van der Waals surface area (Å²) in [5, 5.41) is 13.6. The highest BCUT2D eigenvalue weighted by molar-refractivity contribution is 6.33. The number of benzene rings is 2. The van der Waals surface area contributed by atoms with Crippen LogP contribution < -0.4 is 5.32 Å². The number of carbonyl (C=O) groups excluding carboxylic acids is 1. The molecular formula is C15H13ClN2O3. The average molecular weight is 305 g/mol. The molecule has 2 rings (SSSR count). The number of nitrogens with one attached hydrogen (secondary N) is 1. The van der Waals surface area contributed by atoms with Crippen LogP contribution in [0.2, 0.25) is 5.02 Å². The van der Waals surface area contributed by atoms with Gasteiger partial charge in [0.2, 0.25) is 0 Å². The van der Waals surface area contributed by atoms with Crippen LogP contribution in [-0.2, 0) is 6.54 Å². The molecule has 0 saturated carbocycles. The molecular weight excluding hydrogens is 292 g/mol. The highest BCUT2D eigenvalue weighted by Gasteiger charge is 2.15. The van der Waals surface area contributed by atoms with E-state index in [9.17, 15) is 14.9 Å². The summed E-state index contributed by atoms with van der Waals surface area (Å²) in [6.45, 7) is 2.29. The van der Waals surface area contributed by atoms with Gasteiger partial charge in [0, 0.05) is 18.7 Å². The Labute approximate surface area is 126 Å². The van der Waals surface area contributed by atoms with Crippen LogP contribution >= 0.6 is 11.6 Å². The van der Waals surface area contributed by atoms with Crippen molar-refractivity contribution >= 4 is 23.2 Å². The molecule has 1 N–H and O–H groups in total. The zero-order valence-electron chi connectivity index (χ0n) is 11.3. The van der Waals surface area contributed by atoms with Crippen molar-refractivity contribution in [2.45, 2.75) is 13.5 Å². The Balaban J connectivity index is 2.13. The lowest BCUT2D eigenvalue weighted by Gasteiger charge is -2.07. The van der Waals surface area contributed by atoms with E-state index in [0.717, 1.165) is 11.1 Å². The van der Waals surface area contributed by atoms with Crippen LogP contribution in [0.25, 0.3) is 0 Å². The van der Waals surface area contributed by atoms with Crippen molar-refractivity contribution in [3.63, 3.8) is 0 Å². The maximum Gasteiger partial charge on any atom is 0.270 e. The molecule has 0 aliphatic rings. The fourth-order valence-electron chi connectivity index (χ4n) is 1.90. The lowest BCUT2D eigenvalue weighted by atomic mass is 10.1. The van der Waals surface area contributed by atoms with E-state index in [1.54, 1.807) is 0 Å². The van der Waals surface area contributed by atoms with Crippen molar-refractivity contribution < 1.29 is 9.72 Å². The van der Waals surface area contributed by atoms with E-state index >= 15 is 0 Å². The van der Waals surface area contributed by atoms with Crippen LogP contribution in [0.1, 0.15) is 21.5 Å². The molecule has 0 saturated heterocycles. The van der Waals surface area contributed by atoms with Gasteiger partial charge in [-0.1, -0.05) is 41.4 Å². The fraction of sp³-hybridized carbons (Fsp3) is 0.133. The molecule has 0 unspecified atom stereocenters. The number of carbonyl (C=O) groups is 1. The molecule has 0 radical (unpaired) electrons. The SMILES string of the molecule is Cc1cccc(CNC(=O)c2cc([N+](=O)[O-])ccc2Cl)c1. The summed E-state index contributed by atoms with van der Waals surface area (Å²) in [6.07, 6.45) is 0. The number of hydrogen-bond donors (Lipinski definition) is 1. The lowest BCUT2D eigenvalue weighted by Crippen LogP contribution is -2.23. The molecule has 0 aliphatic carbocycles. The molecule has 0 aromatic heterocycles. The predicted molar refractivity (Wildman–Crippen MR) is 80.5 cm³/mol. The summed E-state index contributed by atoms with van der Waals surface area (Å²) < 4.78 is 0. The molecule has 108 valence electrons. The van der Waals surface area contributed by atoms with Crippen LogP contribution in [0.4, 0.5) is 5.69 Å². The second-order valence-corrected chi connectivity index (χ2v) is 5.00. The molecule has 6 heteroatoms. The molecule has 5 nitrogen and oxygen atoms in total. The number of rotatable bonds is 4. The standard InChI is InChI=1S/C15H13ClN2O3/c1-10-3-2-4-11(7-10)9-17-15(19)13-8-12(18(20)21)5-6-14(13)16/h2-8H,9H2,1H3,(H,17,19). The number of non-ortho nitro benzene ring substituents is 1. The van der Waals surface area contributed by atoms with E-state index in [4.69, 9.17) is 11.6 Å². The number of halogens is 1. The van der Waals surface area contributed by atoms with Crippen molar-refractivity contribution in [2.24, 2.45) is 0 Å². The van der Waals surface area contributed by atoms with Gasteiger partial charge in [-0.3, -0.25) is 14.9 Å². The second-order valence-electron chi connectivity index (χ2n) is 4.59. The van der Waals surface area contributed by atoms with E-state index in [2.05, 4.69) is 5.32 Å². The Kier molecular flexibility index (Phi) is 4.55. The van der Waals surface area contributed by atoms with E-state index in [-0.39, 0.29) is 16.3 Å². The van der Waals surface area contributed by atoms with E-state index in [0.29, 0.717) is 6.54 Å². The topological polar surface area (TPSA) is 72.2 Å². The molecule has 0 spiro atoms. The van der Waals surface area contributed by atoms with Crippen LogP contribution in [0, 0.1) is 17.0 Å². The Morgan fingerprint density at radius 2 is 2.05 bits per heavy atom. The molecule has 1 amide bonds. The van der Waals surface area contributed by atoms with Gasteiger partial charge in [0.25, 0.3) is 11.6 Å². The third kappa shape index (κ3) is 3.79. The van der Waals surface area contributed by atoms with Crippen LogP contribution in [0.15, 0.2) is 42.5 Å². The molecule has 2 aromatic carbocycles. The summed E-state index contributed by atoms with van der Waals surface area (Å²) >= 11 is 5.92. The fourth-order valence-corrected chi connectivity index (χ4v) is 2.10. The highest BCUT2D eigenvalue weighted by atomic mass is 35.5. The first-order chi connectivity index (χ1) is 9.97. The number of nitrogens with zero attached hydrogens (tertiary/aromatic N) is 1. The molecule has 0 fully saturated rings. The Morgan fingerprint density at radius 1 is 1.29 bits per heavy atom. The van der Waals surface area contributed by atoms with Gasteiger partial charge in [-0.2, -0.15) is 0 Å². The summed E-state index contributed by atoms with van der Waals surface area (Å²) in [4.78, 5) is 22.3. The predicted octanol–water partition coefficient (Wildman–Crippen LogP) is 3.49. The Hall–Kier alpha value is -2.40. The molecule has 0 bridgehead atoms. The largest absolute Gasteiger partial charge is 0.348 e. The van der Waals surface area contributed by atoms with Crippen molar-refractivity contribution in [3.05, 3.63) is 74.3 Å². The minimum absolute atomic E-state index is 0.0959. The van der Waals surface area contributed by atoms with Gasteiger partial charge in [-0.05, 0) is 18.6 Å². The number of aryl methyl sites for hydroxylation is 1. The summed E-state index contributed by atoms with van der Waals surface area (Å²) in [5.74, 6) is -0.440. The van der Waals surface area contributed by atoms with Gasteiger partial charge in [-0.15, -0.1) is 0 Å². The third-order valence-corrected chi connectivity index (χ3v) is 3.27. The first kappa shape index (κ1) is 15.0. The minimum Gasteiger partial charge on any atom is -0.348 e. The van der Waals surface area contributed by atoms with Crippen LogP contribution in [-0.4, -0.2) is 10.8 Å². The van der Waals surface area contributed by atoms with E-state index < -0.39 is 10.8 Å². The van der Waals surface area contributed by atoms with Gasteiger partial charge >= 0.3 is 0 Å².